The van der Waals surface area contributed by atoms with E-state index in [0.717, 1.165) is 20.9 Å². The Labute approximate surface area is 122 Å². The van der Waals surface area contributed by atoms with Gasteiger partial charge in [-0.1, -0.05) is 11.6 Å². The van der Waals surface area contributed by atoms with Crippen molar-refractivity contribution < 1.29 is 4.74 Å². The van der Waals surface area contributed by atoms with Gasteiger partial charge in [0.15, 0.2) is 5.82 Å². The summed E-state index contributed by atoms with van der Waals surface area (Å²) in [7, 11) is 3.46. The highest BCUT2D eigenvalue weighted by atomic mass is 79.9. The Kier molecular flexibility index (Phi) is 4.55. The van der Waals surface area contributed by atoms with Crippen molar-refractivity contribution in [3.8, 4) is 10.7 Å². The first-order chi connectivity index (χ1) is 8.63. The molecule has 0 unspecified atom stereocenters. The van der Waals surface area contributed by atoms with Gasteiger partial charge in [0.25, 0.3) is 0 Å². The van der Waals surface area contributed by atoms with Crippen LogP contribution in [0.1, 0.15) is 5.69 Å². The summed E-state index contributed by atoms with van der Waals surface area (Å²) < 4.78 is 6.65. The number of methoxy groups -OCH3 is 1. The molecular formula is C11H11BrClN3OS. The Morgan fingerprint density at radius 1 is 1.44 bits per heavy atom. The van der Waals surface area contributed by atoms with Crippen molar-refractivity contribution in [3.63, 3.8) is 0 Å². The Bertz CT molecular complexity index is 542. The first-order valence-corrected chi connectivity index (χ1v) is 7.12. The Morgan fingerprint density at radius 3 is 2.78 bits per heavy atom. The Balaban J connectivity index is 2.45. The molecule has 0 aliphatic heterocycles. The minimum atomic E-state index is 0.449. The van der Waals surface area contributed by atoms with Crippen molar-refractivity contribution >= 4 is 44.7 Å². The maximum absolute atomic E-state index is 6.03. The number of hydrogen-bond donors (Lipinski definition) is 1. The molecular weight excluding hydrogens is 338 g/mol. The maximum atomic E-state index is 6.03. The van der Waals surface area contributed by atoms with Crippen molar-refractivity contribution in [1.29, 1.82) is 0 Å². The van der Waals surface area contributed by atoms with E-state index in [-0.39, 0.29) is 0 Å². The second kappa shape index (κ2) is 5.97. The van der Waals surface area contributed by atoms with Gasteiger partial charge in [-0.2, -0.15) is 0 Å². The zero-order chi connectivity index (χ0) is 13.1. The third kappa shape index (κ3) is 3.00. The average molecular weight is 349 g/mol. The molecule has 0 bridgehead atoms. The van der Waals surface area contributed by atoms with Crippen molar-refractivity contribution in [3.05, 3.63) is 26.6 Å². The molecule has 96 valence electrons. The van der Waals surface area contributed by atoms with Crippen LogP contribution < -0.4 is 5.32 Å². The zero-order valence-corrected chi connectivity index (χ0v) is 13.0. The summed E-state index contributed by atoms with van der Waals surface area (Å²) in [6, 6.07) is 3.77. The van der Waals surface area contributed by atoms with Crippen LogP contribution in [-0.4, -0.2) is 24.1 Å². The van der Waals surface area contributed by atoms with Crippen LogP contribution in [0.4, 0.5) is 5.82 Å². The number of halogens is 2. The zero-order valence-electron chi connectivity index (χ0n) is 9.83. The highest BCUT2D eigenvalue weighted by Gasteiger charge is 2.11. The van der Waals surface area contributed by atoms with Crippen LogP contribution in [0.3, 0.4) is 0 Å². The smallest absolute Gasteiger partial charge is 0.172 e. The van der Waals surface area contributed by atoms with Crippen molar-refractivity contribution in [2.75, 3.05) is 19.5 Å². The molecule has 4 nitrogen and oxygen atoms in total. The van der Waals surface area contributed by atoms with E-state index in [9.17, 15) is 0 Å². The fourth-order valence-electron chi connectivity index (χ4n) is 1.41. The van der Waals surface area contributed by atoms with Crippen LogP contribution >= 0.6 is 38.9 Å². The van der Waals surface area contributed by atoms with Crippen molar-refractivity contribution in [2.24, 2.45) is 0 Å². The van der Waals surface area contributed by atoms with Gasteiger partial charge in [0.05, 0.1) is 17.2 Å². The molecule has 7 heteroatoms. The van der Waals surface area contributed by atoms with Crippen molar-refractivity contribution in [2.45, 2.75) is 6.61 Å². The average Bonchev–Trinajstić information content (AvgIpc) is 2.70. The summed E-state index contributed by atoms with van der Waals surface area (Å²) in [5.74, 6) is 1.40. The second-order valence-electron chi connectivity index (χ2n) is 3.48. The van der Waals surface area contributed by atoms with Gasteiger partial charge < -0.3 is 10.1 Å². The van der Waals surface area contributed by atoms with Gasteiger partial charge in [-0.25, -0.2) is 9.97 Å². The van der Waals surface area contributed by atoms with E-state index in [1.807, 2.05) is 19.2 Å². The molecule has 0 aliphatic rings. The number of nitrogens with zero attached hydrogens (tertiary/aromatic N) is 2. The summed E-state index contributed by atoms with van der Waals surface area (Å²) in [6.45, 7) is 0.449. The van der Waals surface area contributed by atoms with Crippen molar-refractivity contribution in [1.82, 2.24) is 9.97 Å². The minimum absolute atomic E-state index is 0.449. The van der Waals surface area contributed by atoms with Crippen LogP contribution in [0.5, 0.6) is 0 Å². The number of rotatable bonds is 4. The highest BCUT2D eigenvalue weighted by Crippen LogP contribution is 2.36. The lowest BCUT2D eigenvalue weighted by molar-refractivity contribution is 0.181. The number of anilines is 1. The monoisotopic (exact) mass is 347 g/mol. The lowest BCUT2D eigenvalue weighted by Gasteiger charge is -2.05. The quantitative estimate of drug-likeness (QED) is 0.912. The maximum Gasteiger partial charge on any atom is 0.172 e. The van der Waals surface area contributed by atoms with Gasteiger partial charge >= 0.3 is 0 Å². The normalized spacial score (nSPS) is 10.7. The van der Waals surface area contributed by atoms with Gasteiger partial charge in [0.2, 0.25) is 0 Å². The molecule has 0 aliphatic carbocycles. The largest absolute Gasteiger partial charge is 0.378 e. The summed E-state index contributed by atoms with van der Waals surface area (Å²) in [4.78, 5) is 9.78. The van der Waals surface area contributed by atoms with Crippen LogP contribution in [0.15, 0.2) is 16.6 Å². The molecule has 0 radical (unpaired) electrons. The van der Waals surface area contributed by atoms with Gasteiger partial charge in [0, 0.05) is 24.7 Å². The molecule has 0 spiro atoms. The van der Waals surface area contributed by atoms with E-state index >= 15 is 0 Å². The molecule has 0 saturated carbocycles. The molecule has 0 saturated heterocycles. The number of nitrogens with one attached hydrogen (secondary N) is 1. The third-order valence-electron chi connectivity index (χ3n) is 2.19. The highest BCUT2D eigenvalue weighted by molar-refractivity contribution is 9.10. The van der Waals surface area contributed by atoms with E-state index in [2.05, 4.69) is 31.2 Å². The van der Waals surface area contributed by atoms with Gasteiger partial charge in [-0.3, -0.25) is 0 Å². The predicted molar refractivity (Wildman–Crippen MR) is 78.3 cm³/mol. The van der Waals surface area contributed by atoms with E-state index < -0.39 is 0 Å². The van der Waals surface area contributed by atoms with Crippen LogP contribution in [0, 0.1) is 0 Å². The fourth-order valence-corrected chi connectivity index (χ4v) is 3.05. The molecule has 0 amide bonds. The second-order valence-corrected chi connectivity index (χ2v) is 5.99. The first-order valence-electron chi connectivity index (χ1n) is 5.14. The molecule has 2 rings (SSSR count). The van der Waals surface area contributed by atoms with Gasteiger partial charge in [-0.05, 0) is 22.0 Å². The summed E-state index contributed by atoms with van der Waals surface area (Å²) >= 11 is 10.8. The SMILES string of the molecule is CNc1cc(COC)nc(-c2cc(Br)c(Cl)s2)n1. The predicted octanol–water partition coefficient (Wildman–Crippen LogP) is 3.81. The molecule has 2 aromatic rings. The fraction of sp³-hybridized carbons (Fsp3) is 0.273. The van der Waals surface area contributed by atoms with Crippen LogP contribution in [-0.2, 0) is 11.3 Å². The number of aromatic nitrogens is 2. The lowest BCUT2D eigenvalue weighted by atomic mass is 10.3. The Morgan fingerprint density at radius 2 is 2.22 bits per heavy atom. The number of hydrogen-bond acceptors (Lipinski definition) is 5. The first kappa shape index (κ1) is 13.7. The molecule has 0 atom stereocenters. The minimum Gasteiger partial charge on any atom is -0.378 e. The van der Waals surface area contributed by atoms with Gasteiger partial charge in [0.1, 0.15) is 10.2 Å². The molecule has 2 aromatic heterocycles. The molecule has 1 N–H and O–H groups in total. The van der Waals surface area contributed by atoms with Crippen LogP contribution in [0.2, 0.25) is 4.34 Å². The summed E-state index contributed by atoms with van der Waals surface area (Å²) in [5, 5.41) is 3.01. The standard InChI is InChI=1S/C11H11BrClN3OS/c1-14-9-3-6(5-17-2)15-11(16-9)8-4-7(12)10(13)18-8/h3-4H,5H2,1-2H3,(H,14,15,16). The van der Waals surface area contributed by atoms with Crippen LogP contribution in [0.25, 0.3) is 10.7 Å². The number of ether oxygens (including phenoxy) is 1. The Hall–Kier alpha value is -0.690. The third-order valence-corrected chi connectivity index (χ3v) is 4.66. The summed E-state index contributed by atoms with van der Waals surface area (Å²) in [6.07, 6.45) is 0. The molecule has 0 fully saturated rings. The van der Waals surface area contributed by atoms with E-state index in [4.69, 9.17) is 16.3 Å². The molecule has 18 heavy (non-hydrogen) atoms. The number of thiophene rings is 1. The van der Waals surface area contributed by atoms with E-state index in [0.29, 0.717) is 16.8 Å². The van der Waals surface area contributed by atoms with E-state index in [1.165, 1.54) is 11.3 Å². The van der Waals surface area contributed by atoms with E-state index in [1.54, 1.807) is 7.11 Å². The van der Waals surface area contributed by atoms with Gasteiger partial charge in [-0.15, -0.1) is 11.3 Å². The lowest BCUT2D eigenvalue weighted by Crippen LogP contribution is -2.01. The molecule has 2 heterocycles. The topological polar surface area (TPSA) is 47.0 Å². The summed E-state index contributed by atoms with van der Waals surface area (Å²) in [5.41, 5.74) is 0.826. The molecule has 0 aromatic carbocycles.